The van der Waals surface area contributed by atoms with Crippen LogP contribution in [0.1, 0.15) is 43.7 Å². The molecule has 0 bridgehead atoms. The maximum absolute atomic E-state index is 13.3. The molecule has 0 aromatic heterocycles. The van der Waals surface area contributed by atoms with Crippen LogP contribution in [0.3, 0.4) is 0 Å². The van der Waals surface area contributed by atoms with E-state index in [-0.39, 0.29) is 23.6 Å². The fourth-order valence-corrected chi connectivity index (χ4v) is 3.44. The summed E-state index contributed by atoms with van der Waals surface area (Å²) in [5, 5.41) is 0. The fourth-order valence-electron chi connectivity index (χ4n) is 3.44. The summed E-state index contributed by atoms with van der Waals surface area (Å²) in [6, 6.07) is 4.46. The number of hydrogen-bond acceptors (Lipinski definition) is 3. The van der Waals surface area contributed by atoms with E-state index >= 15 is 0 Å². The fraction of sp³-hybridized carbons (Fsp3) is 0.600. The van der Waals surface area contributed by atoms with Gasteiger partial charge in [-0.1, -0.05) is 0 Å². The van der Waals surface area contributed by atoms with Gasteiger partial charge in [0.2, 0.25) is 0 Å². The summed E-state index contributed by atoms with van der Waals surface area (Å²) in [6.07, 6.45) is 5.01. The van der Waals surface area contributed by atoms with Gasteiger partial charge in [-0.2, -0.15) is 0 Å². The second kappa shape index (κ2) is 4.76. The number of rotatable bonds is 1. The van der Waals surface area contributed by atoms with Crippen LogP contribution in [0.5, 0.6) is 5.75 Å². The van der Waals surface area contributed by atoms with E-state index in [0.29, 0.717) is 0 Å². The smallest absolute Gasteiger partial charge is 0.125 e. The maximum atomic E-state index is 13.3. The SMILES string of the molecule is COC1CCCC2(C1)C[C@@H](N)c1cc(F)ccc1O2. The van der Waals surface area contributed by atoms with Gasteiger partial charge in [0.25, 0.3) is 0 Å². The van der Waals surface area contributed by atoms with Crippen LogP contribution < -0.4 is 10.5 Å². The standard InChI is InChI=1S/C15H20FNO2/c1-18-11-3-2-6-15(8-11)9-13(17)12-7-10(16)4-5-14(12)19-15/h4-5,7,11,13H,2-3,6,8-9,17H2,1H3/t11?,13-,15?/m1/s1. The third-order valence-electron chi connectivity index (χ3n) is 4.38. The van der Waals surface area contributed by atoms with Crippen molar-refractivity contribution in [2.45, 2.75) is 49.9 Å². The molecule has 3 rings (SSSR count). The van der Waals surface area contributed by atoms with Gasteiger partial charge in [-0.15, -0.1) is 0 Å². The van der Waals surface area contributed by atoms with Crippen molar-refractivity contribution in [2.24, 2.45) is 5.73 Å². The topological polar surface area (TPSA) is 44.5 Å². The van der Waals surface area contributed by atoms with Crippen molar-refractivity contribution in [3.63, 3.8) is 0 Å². The van der Waals surface area contributed by atoms with E-state index in [1.165, 1.54) is 12.1 Å². The molecule has 2 N–H and O–H groups in total. The Balaban J connectivity index is 1.89. The minimum absolute atomic E-state index is 0.157. The lowest BCUT2D eigenvalue weighted by molar-refractivity contribution is -0.0578. The van der Waals surface area contributed by atoms with Crippen molar-refractivity contribution in [1.82, 2.24) is 0 Å². The summed E-state index contributed by atoms with van der Waals surface area (Å²) in [7, 11) is 1.75. The quantitative estimate of drug-likeness (QED) is 0.849. The third kappa shape index (κ3) is 2.35. The highest BCUT2D eigenvalue weighted by atomic mass is 19.1. The number of hydrogen-bond donors (Lipinski definition) is 1. The number of benzene rings is 1. The van der Waals surface area contributed by atoms with Gasteiger partial charge in [0.1, 0.15) is 17.2 Å². The largest absolute Gasteiger partial charge is 0.487 e. The Labute approximate surface area is 112 Å². The lowest BCUT2D eigenvalue weighted by Crippen LogP contribution is -2.48. The molecule has 1 aromatic carbocycles. The summed E-state index contributed by atoms with van der Waals surface area (Å²) in [6.45, 7) is 0. The highest BCUT2D eigenvalue weighted by Gasteiger charge is 2.43. The molecule has 1 aliphatic carbocycles. The average molecular weight is 265 g/mol. The zero-order chi connectivity index (χ0) is 13.5. The predicted octanol–water partition coefficient (Wildman–Crippen LogP) is 2.94. The van der Waals surface area contributed by atoms with Crippen molar-refractivity contribution < 1.29 is 13.9 Å². The second-order valence-corrected chi connectivity index (χ2v) is 5.73. The zero-order valence-electron chi connectivity index (χ0n) is 11.2. The molecule has 2 unspecified atom stereocenters. The minimum atomic E-state index is -0.257. The summed E-state index contributed by atoms with van der Waals surface area (Å²) in [5.74, 6) is 0.476. The van der Waals surface area contributed by atoms with Crippen LogP contribution in [0.4, 0.5) is 4.39 Å². The number of halogens is 1. The Hall–Kier alpha value is -1.13. The highest BCUT2D eigenvalue weighted by molar-refractivity contribution is 5.39. The van der Waals surface area contributed by atoms with E-state index in [4.69, 9.17) is 15.2 Å². The van der Waals surface area contributed by atoms with Gasteiger partial charge in [0.05, 0.1) is 6.10 Å². The molecule has 3 nitrogen and oxygen atoms in total. The maximum Gasteiger partial charge on any atom is 0.125 e. The molecule has 0 amide bonds. The predicted molar refractivity (Wildman–Crippen MR) is 70.6 cm³/mol. The molecule has 3 atom stereocenters. The molecule has 1 spiro atoms. The lowest BCUT2D eigenvalue weighted by Gasteiger charge is -2.45. The molecule has 1 saturated carbocycles. The molecule has 0 radical (unpaired) electrons. The Bertz CT molecular complexity index is 479. The number of ether oxygens (including phenoxy) is 2. The molecule has 1 aliphatic heterocycles. The van der Waals surface area contributed by atoms with Crippen molar-refractivity contribution in [3.8, 4) is 5.75 Å². The first-order valence-electron chi connectivity index (χ1n) is 6.89. The number of methoxy groups -OCH3 is 1. The van der Waals surface area contributed by atoms with Gasteiger partial charge in [-0.05, 0) is 37.5 Å². The molecular formula is C15H20FNO2. The molecule has 104 valence electrons. The van der Waals surface area contributed by atoms with Gasteiger partial charge in [-0.3, -0.25) is 0 Å². The van der Waals surface area contributed by atoms with E-state index in [9.17, 15) is 4.39 Å². The molecule has 1 fully saturated rings. The molecule has 19 heavy (non-hydrogen) atoms. The first-order chi connectivity index (χ1) is 9.12. The van der Waals surface area contributed by atoms with Crippen molar-refractivity contribution in [1.29, 1.82) is 0 Å². The Morgan fingerprint density at radius 2 is 2.26 bits per heavy atom. The first kappa shape index (κ1) is 12.9. The van der Waals surface area contributed by atoms with Gasteiger partial charge in [0.15, 0.2) is 0 Å². The van der Waals surface area contributed by atoms with Crippen molar-refractivity contribution >= 4 is 0 Å². The van der Waals surface area contributed by atoms with E-state index < -0.39 is 0 Å². The molecule has 4 heteroatoms. The highest BCUT2D eigenvalue weighted by Crippen LogP contribution is 2.45. The summed E-state index contributed by atoms with van der Waals surface area (Å²) in [5.41, 5.74) is 6.77. The molecular weight excluding hydrogens is 245 g/mol. The Morgan fingerprint density at radius 1 is 1.42 bits per heavy atom. The second-order valence-electron chi connectivity index (χ2n) is 5.73. The van der Waals surface area contributed by atoms with Crippen LogP contribution in [-0.2, 0) is 4.74 Å². The van der Waals surface area contributed by atoms with E-state index in [2.05, 4.69) is 0 Å². The van der Waals surface area contributed by atoms with Gasteiger partial charge in [0, 0.05) is 31.6 Å². The van der Waals surface area contributed by atoms with Crippen molar-refractivity contribution in [3.05, 3.63) is 29.6 Å². The Kier molecular flexibility index (Phi) is 3.23. The molecule has 1 aromatic rings. The van der Waals surface area contributed by atoms with Crippen LogP contribution in [0, 0.1) is 5.82 Å². The van der Waals surface area contributed by atoms with Gasteiger partial charge in [-0.25, -0.2) is 4.39 Å². The monoisotopic (exact) mass is 265 g/mol. The summed E-state index contributed by atoms with van der Waals surface area (Å²) < 4.78 is 25.0. The van der Waals surface area contributed by atoms with E-state index in [0.717, 1.165) is 43.4 Å². The third-order valence-corrected chi connectivity index (χ3v) is 4.38. The van der Waals surface area contributed by atoms with Gasteiger partial charge < -0.3 is 15.2 Å². The summed E-state index contributed by atoms with van der Waals surface area (Å²) in [4.78, 5) is 0. The average Bonchev–Trinajstić information content (AvgIpc) is 2.40. The lowest BCUT2D eigenvalue weighted by atomic mass is 9.76. The molecule has 1 heterocycles. The molecule has 0 saturated heterocycles. The number of nitrogens with two attached hydrogens (primary N) is 1. The summed E-state index contributed by atoms with van der Waals surface area (Å²) >= 11 is 0. The van der Waals surface area contributed by atoms with Crippen LogP contribution in [-0.4, -0.2) is 18.8 Å². The molecule has 2 aliphatic rings. The van der Waals surface area contributed by atoms with E-state index in [1.807, 2.05) is 0 Å². The minimum Gasteiger partial charge on any atom is -0.487 e. The van der Waals surface area contributed by atoms with Crippen LogP contribution in [0.15, 0.2) is 18.2 Å². The zero-order valence-corrected chi connectivity index (χ0v) is 11.2. The van der Waals surface area contributed by atoms with Gasteiger partial charge >= 0.3 is 0 Å². The Morgan fingerprint density at radius 3 is 3.05 bits per heavy atom. The van der Waals surface area contributed by atoms with Crippen LogP contribution in [0.25, 0.3) is 0 Å². The first-order valence-corrected chi connectivity index (χ1v) is 6.89. The van der Waals surface area contributed by atoms with E-state index in [1.54, 1.807) is 13.2 Å². The number of fused-ring (bicyclic) bond motifs is 1. The van der Waals surface area contributed by atoms with Crippen molar-refractivity contribution in [2.75, 3.05) is 7.11 Å². The van der Waals surface area contributed by atoms with Crippen LogP contribution >= 0.6 is 0 Å². The normalized spacial score (nSPS) is 33.8. The van der Waals surface area contributed by atoms with Crippen LogP contribution in [0.2, 0.25) is 0 Å².